The summed E-state index contributed by atoms with van der Waals surface area (Å²) >= 11 is 0. The Balaban J connectivity index is 0.000000640. The van der Waals surface area contributed by atoms with Crippen LogP contribution in [0.4, 0.5) is 0 Å². The van der Waals surface area contributed by atoms with Crippen LogP contribution in [0.5, 0.6) is 0 Å². The van der Waals surface area contributed by atoms with E-state index in [2.05, 4.69) is 4.74 Å². The van der Waals surface area contributed by atoms with Crippen molar-refractivity contribution in [3.63, 3.8) is 0 Å². The summed E-state index contributed by atoms with van der Waals surface area (Å²) in [5.41, 5.74) is 0. The van der Waals surface area contributed by atoms with Crippen LogP contribution in [0.15, 0.2) is 0 Å². The Labute approximate surface area is 82.7 Å². The zero-order valence-corrected chi connectivity index (χ0v) is 8.04. The van der Waals surface area contributed by atoms with E-state index in [1.807, 2.05) is 0 Å². The van der Waals surface area contributed by atoms with Gasteiger partial charge in [-0.1, -0.05) is 0 Å². The zero-order valence-electron chi connectivity index (χ0n) is 4.94. The van der Waals surface area contributed by atoms with Crippen LogP contribution >= 0.6 is 7.60 Å². The molecule has 1 aliphatic heterocycles. The van der Waals surface area contributed by atoms with E-state index in [1.165, 1.54) is 0 Å². The molecule has 0 aromatic rings. The monoisotopic (exact) mass is 176 g/mol. The van der Waals surface area contributed by atoms with E-state index in [-0.39, 0.29) is 43.8 Å². The summed E-state index contributed by atoms with van der Waals surface area (Å²) in [6.45, 7) is 1.55. The Morgan fingerprint density at radius 2 is 1.89 bits per heavy atom. The molecule has 1 rings (SSSR count). The Morgan fingerprint density at radius 1 is 1.56 bits per heavy atom. The molecule has 48 valence electrons. The molecule has 0 N–H and O–H groups in total. The van der Waals surface area contributed by atoms with E-state index in [4.69, 9.17) is 0 Å². The van der Waals surface area contributed by atoms with Gasteiger partial charge in [0, 0.05) is 0 Å². The summed E-state index contributed by atoms with van der Waals surface area (Å²) in [5, 5.41) is 0. The normalized spacial score (nSPS) is 33.2. The molecule has 0 aromatic heterocycles. The number of epoxide rings is 1. The van der Waals surface area contributed by atoms with E-state index in [0.29, 0.717) is 0 Å². The van der Waals surface area contributed by atoms with Crippen LogP contribution < -0.4 is 9.79 Å². The Hall–Kier alpha value is 1.37. The van der Waals surface area contributed by atoms with E-state index in [9.17, 15) is 14.4 Å². The Kier molecular flexibility index (Phi) is 3.66. The number of rotatable bonds is 1. The second kappa shape index (κ2) is 3.18. The summed E-state index contributed by atoms with van der Waals surface area (Å²) in [5.74, 6) is -1.04. The third-order valence-electron chi connectivity index (χ3n) is 0.991. The van der Waals surface area contributed by atoms with Crippen LogP contribution in [-0.4, -0.2) is 49.7 Å². The fraction of sp³-hybridized carbons (Fsp3) is 1.00. The van der Waals surface area contributed by atoms with Gasteiger partial charge in [0.25, 0.3) is 0 Å². The molecular weight excluding hydrogens is 171 g/mol. The van der Waals surface area contributed by atoms with Gasteiger partial charge < -0.3 is 19.1 Å². The molecule has 0 radical (unpaired) electrons. The van der Waals surface area contributed by atoms with Crippen LogP contribution in [0, 0.1) is 0 Å². The van der Waals surface area contributed by atoms with Crippen molar-refractivity contribution >= 4 is 45.3 Å². The van der Waals surface area contributed by atoms with Crippen molar-refractivity contribution in [1.29, 1.82) is 0 Å². The van der Waals surface area contributed by atoms with E-state index >= 15 is 0 Å². The van der Waals surface area contributed by atoms with Crippen molar-refractivity contribution in [2.24, 2.45) is 0 Å². The molecule has 0 spiro atoms. The summed E-state index contributed by atoms with van der Waals surface area (Å²) in [4.78, 5) is 19.9. The number of hydrogen-bond acceptors (Lipinski definition) is 4. The molecule has 1 heterocycles. The molecule has 0 unspecified atom stereocenters. The molecule has 1 fully saturated rings. The summed E-state index contributed by atoms with van der Waals surface area (Å²) in [6.07, 6.45) is -0.379. The van der Waals surface area contributed by atoms with Gasteiger partial charge in [-0.2, -0.15) is 0 Å². The molecule has 0 aromatic carbocycles. The summed E-state index contributed by atoms with van der Waals surface area (Å²) in [6, 6.07) is 0. The molecule has 0 amide bonds. The minimum Gasteiger partial charge on any atom is -0.809 e. The average Bonchev–Trinajstić information content (AvgIpc) is 2.13. The predicted octanol–water partition coefficient (Wildman–Crippen LogP) is -1.74. The maximum Gasteiger partial charge on any atom is 2.00 e. The maximum absolute atomic E-state index is 9.95. The third-order valence-corrected chi connectivity index (χ3v) is 2.16. The van der Waals surface area contributed by atoms with Gasteiger partial charge in [-0.3, -0.25) is 0 Å². The van der Waals surface area contributed by atoms with Crippen LogP contribution in [-0.2, 0) is 9.30 Å². The molecule has 2 atom stereocenters. The molecule has 1 saturated heterocycles. The third kappa shape index (κ3) is 2.85. The molecule has 0 aliphatic carbocycles. The van der Waals surface area contributed by atoms with Crippen molar-refractivity contribution in [2.45, 2.75) is 18.9 Å². The summed E-state index contributed by atoms with van der Waals surface area (Å²) < 4.78 is 14.3. The minimum absolute atomic E-state index is 0. The van der Waals surface area contributed by atoms with Gasteiger partial charge in [-0.25, -0.2) is 0 Å². The number of hydrogen-bond donors (Lipinski definition) is 0. The van der Waals surface area contributed by atoms with Crippen molar-refractivity contribution in [2.75, 3.05) is 0 Å². The summed E-state index contributed by atoms with van der Waals surface area (Å²) in [7, 11) is -4.40. The first-order chi connectivity index (χ1) is 3.52. The second-order valence-electron chi connectivity index (χ2n) is 1.77. The minimum atomic E-state index is -4.40. The van der Waals surface area contributed by atoms with Crippen molar-refractivity contribution in [1.82, 2.24) is 0 Å². The fourth-order valence-electron chi connectivity index (χ4n) is 0.506. The second-order valence-corrected chi connectivity index (χ2v) is 3.36. The Bertz CT molecular complexity index is 143. The topological polar surface area (TPSA) is 75.7 Å². The standard InChI is InChI=1S/C3H7O4P.Ca/c1-2-3(7-2)8(4,5)6;/h2-3H,1H3,(H2,4,5,6);/q;+2/p-2/t2-,3-;/m0./s1. The van der Waals surface area contributed by atoms with Gasteiger partial charge in [-0.15, -0.1) is 0 Å². The fourth-order valence-corrected chi connectivity index (χ4v) is 1.36. The smallest absolute Gasteiger partial charge is 0.809 e. The van der Waals surface area contributed by atoms with Crippen molar-refractivity contribution < 1.29 is 19.1 Å². The van der Waals surface area contributed by atoms with Crippen LogP contribution in [0.25, 0.3) is 0 Å². The first-order valence-electron chi connectivity index (χ1n) is 2.19. The first kappa shape index (κ1) is 10.4. The molecule has 4 nitrogen and oxygen atoms in total. The average molecular weight is 176 g/mol. The number of ether oxygens (including phenoxy) is 1. The molecule has 0 saturated carbocycles. The quantitative estimate of drug-likeness (QED) is 0.270. The van der Waals surface area contributed by atoms with E-state index in [1.54, 1.807) is 6.92 Å². The van der Waals surface area contributed by atoms with Gasteiger partial charge >= 0.3 is 37.7 Å². The van der Waals surface area contributed by atoms with Crippen LogP contribution in [0.3, 0.4) is 0 Å². The van der Waals surface area contributed by atoms with Gasteiger partial charge in [0.15, 0.2) is 0 Å². The van der Waals surface area contributed by atoms with E-state index < -0.39 is 13.4 Å². The van der Waals surface area contributed by atoms with Gasteiger partial charge in [-0.05, 0) is 14.5 Å². The van der Waals surface area contributed by atoms with Gasteiger partial charge in [0.2, 0.25) is 0 Å². The molecule has 6 heteroatoms. The zero-order chi connectivity index (χ0) is 6.36. The molecule has 9 heavy (non-hydrogen) atoms. The molecule has 0 bridgehead atoms. The largest absolute Gasteiger partial charge is 2.00 e. The van der Waals surface area contributed by atoms with Crippen LogP contribution in [0.1, 0.15) is 6.92 Å². The first-order valence-corrected chi connectivity index (χ1v) is 3.80. The van der Waals surface area contributed by atoms with Crippen LogP contribution in [0.2, 0.25) is 0 Å². The predicted molar refractivity (Wildman–Crippen MR) is 27.7 cm³/mol. The van der Waals surface area contributed by atoms with Gasteiger partial charge in [0.1, 0.15) is 5.85 Å². The van der Waals surface area contributed by atoms with E-state index in [0.717, 1.165) is 0 Å². The van der Waals surface area contributed by atoms with Crippen molar-refractivity contribution in [3.05, 3.63) is 0 Å². The SMILES string of the molecule is C[C@@H]1O[C@H]1P(=O)([O-])[O-].[Ca+2]. The van der Waals surface area contributed by atoms with Crippen molar-refractivity contribution in [3.8, 4) is 0 Å². The molecule has 1 aliphatic rings. The molecular formula is C3H5CaO4P. The maximum atomic E-state index is 9.95. The Morgan fingerprint density at radius 3 is 1.89 bits per heavy atom. The van der Waals surface area contributed by atoms with Gasteiger partial charge in [0.05, 0.1) is 6.10 Å².